The Balaban J connectivity index is 1.87. The summed E-state index contributed by atoms with van der Waals surface area (Å²) in [4.78, 5) is 11.7. The van der Waals surface area contributed by atoms with E-state index in [1.807, 2.05) is 0 Å². The number of halogens is 1. The number of likely N-dealkylation sites (tertiary alicyclic amines) is 1. The molecule has 0 aromatic carbocycles. The first-order valence-corrected chi connectivity index (χ1v) is 5.59. The minimum absolute atomic E-state index is 0.153. The van der Waals surface area contributed by atoms with Gasteiger partial charge in [0.2, 0.25) is 0 Å². The molecule has 0 spiro atoms. The summed E-state index contributed by atoms with van der Waals surface area (Å²) in [7, 11) is 0. The fraction of sp³-hybridized carbons (Fsp3) is 0.900. The SMILES string of the molecule is O=C(O)N1CCC(O)(CNC2CC2)C(F)C1. The lowest BCUT2D eigenvalue weighted by atomic mass is 9.89. The molecule has 1 saturated heterocycles. The number of piperidine rings is 1. The molecule has 92 valence electrons. The summed E-state index contributed by atoms with van der Waals surface area (Å²) >= 11 is 0. The van der Waals surface area contributed by atoms with E-state index in [1.165, 1.54) is 0 Å². The molecule has 16 heavy (non-hydrogen) atoms. The molecular weight excluding hydrogens is 215 g/mol. The Labute approximate surface area is 93.2 Å². The monoisotopic (exact) mass is 232 g/mol. The van der Waals surface area contributed by atoms with Crippen LogP contribution < -0.4 is 5.32 Å². The van der Waals surface area contributed by atoms with Crippen molar-refractivity contribution in [1.29, 1.82) is 0 Å². The number of aliphatic hydroxyl groups is 1. The second-order valence-electron chi connectivity index (χ2n) is 4.70. The van der Waals surface area contributed by atoms with E-state index < -0.39 is 17.9 Å². The summed E-state index contributed by atoms with van der Waals surface area (Å²) in [6, 6.07) is 0.411. The number of rotatable bonds is 3. The van der Waals surface area contributed by atoms with E-state index in [9.17, 15) is 14.3 Å². The van der Waals surface area contributed by atoms with Gasteiger partial charge in [-0.3, -0.25) is 0 Å². The normalized spacial score (nSPS) is 35.1. The maximum Gasteiger partial charge on any atom is 0.407 e. The number of alkyl halides is 1. The molecule has 0 aromatic heterocycles. The van der Waals surface area contributed by atoms with E-state index >= 15 is 0 Å². The molecule has 2 aliphatic rings. The molecule has 1 amide bonds. The summed E-state index contributed by atoms with van der Waals surface area (Å²) in [5, 5.41) is 21.9. The topological polar surface area (TPSA) is 72.8 Å². The van der Waals surface area contributed by atoms with Crippen molar-refractivity contribution < 1.29 is 19.4 Å². The van der Waals surface area contributed by atoms with Gasteiger partial charge in [0.05, 0.1) is 6.54 Å². The second kappa shape index (κ2) is 4.18. The van der Waals surface area contributed by atoms with E-state index in [-0.39, 0.29) is 26.1 Å². The molecule has 0 radical (unpaired) electrons. The third-order valence-corrected chi connectivity index (χ3v) is 3.32. The van der Waals surface area contributed by atoms with Crippen LogP contribution in [0.25, 0.3) is 0 Å². The predicted molar refractivity (Wildman–Crippen MR) is 55.1 cm³/mol. The van der Waals surface area contributed by atoms with Crippen LogP contribution in [-0.2, 0) is 0 Å². The van der Waals surface area contributed by atoms with Crippen LogP contribution in [0, 0.1) is 0 Å². The van der Waals surface area contributed by atoms with Crippen LogP contribution in [0.3, 0.4) is 0 Å². The third kappa shape index (κ3) is 2.44. The summed E-state index contributed by atoms with van der Waals surface area (Å²) in [5.41, 5.74) is -1.41. The Morgan fingerprint density at radius 3 is 2.75 bits per heavy atom. The summed E-state index contributed by atoms with van der Waals surface area (Å²) in [6.07, 6.45) is -0.327. The number of nitrogens with one attached hydrogen (secondary N) is 1. The molecule has 1 aliphatic heterocycles. The van der Waals surface area contributed by atoms with Crippen molar-refractivity contribution in [2.45, 2.75) is 37.1 Å². The van der Waals surface area contributed by atoms with Gasteiger partial charge in [-0.25, -0.2) is 9.18 Å². The van der Waals surface area contributed by atoms with Crippen molar-refractivity contribution in [3.05, 3.63) is 0 Å². The lowest BCUT2D eigenvalue weighted by Gasteiger charge is -2.39. The average molecular weight is 232 g/mol. The smallest absolute Gasteiger partial charge is 0.407 e. The van der Waals surface area contributed by atoms with Crippen LogP contribution in [0.15, 0.2) is 0 Å². The zero-order valence-electron chi connectivity index (χ0n) is 9.03. The highest BCUT2D eigenvalue weighted by atomic mass is 19.1. The van der Waals surface area contributed by atoms with Crippen LogP contribution in [0.5, 0.6) is 0 Å². The van der Waals surface area contributed by atoms with Gasteiger partial charge >= 0.3 is 6.09 Å². The fourth-order valence-electron chi connectivity index (χ4n) is 1.92. The second-order valence-corrected chi connectivity index (χ2v) is 4.70. The van der Waals surface area contributed by atoms with Gasteiger partial charge in [-0.1, -0.05) is 0 Å². The number of nitrogens with zero attached hydrogens (tertiary/aromatic N) is 1. The summed E-state index contributed by atoms with van der Waals surface area (Å²) < 4.78 is 13.7. The van der Waals surface area contributed by atoms with E-state index in [2.05, 4.69) is 5.32 Å². The van der Waals surface area contributed by atoms with E-state index in [0.29, 0.717) is 6.04 Å². The van der Waals surface area contributed by atoms with Crippen molar-refractivity contribution in [3.63, 3.8) is 0 Å². The zero-order chi connectivity index (χ0) is 11.8. The number of amides is 1. The van der Waals surface area contributed by atoms with Gasteiger partial charge in [0.15, 0.2) is 0 Å². The Hall–Kier alpha value is -0.880. The van der Waals surface area contributed by atoms with E-state index in [1.54, 1.807) is 0 Å². The van der Waals surface area contributed by atoms with Gasteiger partial charge in [0.25, 0.3) is 0 Å². The van der Waals surface area contributed by atoms with Gasteiger partial charge in [-0.15, -0.1) is 0 Å². The number of carboxylic acid groups (broad SMARTS) is 1. The van der Waals surface area contributed by atoms with E-state index in [4.69, 9.17) is 5.11 Å². The maximum atomic E-state index is 13.7. The lowest BCUT2D eigenvalue weighted by Crippen LogP contribution is -2.59. The van der Waals surface area contributed by atoms with Crippen LogP contribution in [0.4, 0.5) is 9.18 Å². The zero-order valence-corrected chi connectivity index (χ0v) is 9.03. The highest BCUT2D eigenvalue weighted by Crippen LogP contribution is 2.27. The van der Waals surface area contributed by atoms with Gasteiger partial charge in [0, 0.05) is 19.1 Å². The summed E-state index contributed by atoms with van der Waals surface area (Å²) in [6.45, 7) is 0.170. The van der Waals surface area contributed by atoms with Crippen molar-refractivity contribution in [2.75, 3.05) is 19.6 Å². The molecule has 1 aliphatic carbocycles. The first-order valence-electron chi connectivity index (χ1n) is 5.59. The Bertz CT molecular complexity index is 285. The van der Waals surface area contributed by atoms with Gasteiger partial charge < -0.3 is 20.4 Å². The van der Waals surface area contributed by atoms with Crippen LogP contribution in [0.1, 0.15) is 19.3 Å². The largest absolute Gasteiger partial charge is 0.465 e. The third-order valence-electron chi connectivity index (χ3n) is 3.32. The minimum atomic E-state index is -1.51. The molecule has 2 rings (SSSR count). The van der Waals surface area contributed by atoms with Crippen molar-refractivity contribution in [1.82, 2.24) is 10.2 Å². The predicted octanol–water partition coefficient (Wildman–Crippen LogP) is 0.191. The lowest BCUT2D eigenvalue weighted by molar-refractivity contribution is -0.0773. The highest BCUT2D eigenvalue weighted by Gasteiger charge is 2.43. The molecular formula is C10H17FN2O3. The molecule has 3 N–H and O–H groups in total. The Morgan fingerprint density at radius 1 is 1.56 bits per heavy atom. The van der Waals surface area contributed by atoms with E-state index in [0.717, 1.165) is 17.7 Å². The van der Waals surface area contributed by atoms with Crippen LogP contribution in [-0.4, -0.2) is 58.7 Å². The van der Waals surface area contributed by atoms with Crippen LogP contribution >= 0.6 is 0 Å². The van der Waals surface area contributed by atoms with Crippen LogP contribution in [0.2, 0.25) is 0 Å². The van der Waals surface area contributed by atoms with Crippen molar-refractivity contribution in [3.8, 4) is 0 Å². The van der Waals surface area contributed by atoms with Gasteiger partial charge in [-0.05, 0) is 19.3 Å². The number of hydrogen-bond acceptors (Lipinski definition) is 3. The molecule has 2 atom stereocenters. The quantitative estimate of drug-likeness (QED) is 0.649. The standard InChI is InChI=1S/C10H17FN2O3/c11-8-5-13(9(14)15)4-3-10(8,16)6-12-7-1-2-7/h7-8,12,16H,1-6H2,(H,14,15). The molecule has 1 saturated carbocycles. The van der Waals surface area contributed by atoms with Gasteiger partial charge in [0.1, 0.15) is 11.8 Å². The fourth-order valence-corrected chi connectivity index (χ4v) is 1.92. The van der Waals surface area contributed by atoms with Crippen molar-refractivity contribution in [2.24, 2.45) is 0 Å². The average Bonchev–Trinajstić information content (AvgIpc) is 3.03. The minimum Gasteiger partial charge on any atom is -0.465 e. The van der Waals surface area contributed by atoms with Gasteiger partial charge in [-0.2, -0.15) is 0 Å². The highest BCUT2D eigenvalue weighted by molar-refractivity contribution is 5.65. The number of hydrogen-bond donors (Lipinski definition) is 3. The molecule has 5 nitrogen and oxygen atoms in total. The molecule has 1 heterocycles. The Morgan fingerprint density at radius 2 is 2.25 bits per heavy atom. The van der Waals surface area contributed by atoms with Crippen molar-refractivity contribution >= 4 is 6.09 Å². The number of carbonyl (C=O) groups is 1. The first kappa shape index (κ1) is 11.6. The molecule has 2 fully saturated rings. The first-order chi connectivity index (χ1) is 7.51. The molecule has 2 unspecified atom stereocenters. The molecule has 0 aromatic rings. The Kier molecular flexibility index (Phi) is 3.03. The molecule has 6 heteroatoms. The molecule has 0 bridgehead atoms. The maximum absolute atomic E-state index is 13.7. The summed E-state index contributed by atoms with van der Waals surface area (Å²) in [5.74, 6) is 0.